The lowest BCUT2D eigenvalue weighted by molar-refractivity contribution is 0.180. The van der Waals surface area contributed by atoms with Crippen molar-refractivity contribution in [2.45, 2.75) is 32.4 Å². The Labute approximate surface area is 148 Å². The van der Waals surface area contributed by atoms with Gasteiger partial charge >= 0.3 is 0 Å². The Balaban J connectivity index is 1.45. The van der Waals surface area contributed by atoms with E-state index in [1.807, 2.05) is 25.1 Å². The van der Waals surface area contributed by atoms with Crippen molar-refractivity contribution in [3.05, 3.63) is 47.6 Å². The third kappa shape index (κ3) is 5.14. The zero-order valence-corrected chi connectivity index (χ0v) is 14.9. The van der Waals surface area contributed by atoms with Gasteiger partial charge in [0.05, 0.1) is 13.7 Å². The van der Waals surface area contributed by atoms with Crippen molar-refractivity contribution in [1.82, 2.24) is 20.4 Å². The van der Waals surface area contributed by atoms with E-state index < -0.39 is 0 Å². The van der Waals surface area contributed by atoms with Crippen LogP contribution in [0.1, 0.15) is 30.1 Å². The number of aromatic nitrogens is 2. The average molecular weight is 342 g/mol. The van der Waals surface area contributed by atoms with Crippen LogP contribution in [0.25, 0.3) is 6.08 Å². The Hall–Kier alpha value is -2.18. The minimum atomic E-state index is 0.490. The Morgan fingerprint density at radius 1 is 1.40 bits per heavy atom. The predicted molar refractivity (Wildman–Crippen MR) is 97.4 cm³/mol. The predicted octanol–water partition coefficient (Wildman–Crippen LogP) is 2.65. The highest BCUT2D eigenvalue weighted by molar-refractivity contribution is 5.57. The summed E-state index contributed by atoms with van der Waals surface area (Å²) in [4.78, 5) is 6.68. The SMILES string of the molecule is COc1ccccc1/C=C\CN[C@H]1CCCN(Cc2noc(C)n2)C1. The molecule has 6 nitrogen and oxygen atoms in total. The summed E-state index contributed by atoms with van der Waals surface area (Å²) in [6.07, 6.45) is 6.64. The third-order valence-corrected chi connectivity index (χ3v) is 4.40. The van der Waals surface area contributed by atoms with Crippen molar-refractivity contribution in [1.29, 1.82) is 0 Å². The Kier molecular flexibility index (Phi) is 6.19. The normalized spacial score (nSPS) is 18.7. The Morgan fingerprint density at radius 3 is 3.08 bits per heavy atom. The van der Waals surface area contributed by atoms with E-state index >= 15 is 0 Å². The average Bonchev–Trinajstić information content (AvgIpc) is 3.04. The Morgan fingerprint density at radius 2 is 2.28 bits per heavy atom. The van der Waals surface area contributed by atoms with Gasteiger partial charge in [-0.15, -0.1) is 0 Å². The molecule has 6 heteroatoms. The van der Waals surface area contributed by atoms with Crippen molar-refractivity contribution in [3.8, 4) is 5.75 Å². The first-order chi connectivity index (χ1) is 12.2. The van der Waals surface area contributed by atoms with Crippen LogP contribution in [0.5, 0.6) is 5.75 Å². The van der Waals surface area contributed by atoms with Crippen LogP contribution in [0.15, 0.2) is 34.9 Å². The van der Waals surface area contributed by atoms with E-state index in [4.69, 9.17) is 9.26 Å². The van der Waals surface area contributed by atoms with Gasteiger partial charge in [0.25, 0.3) is 0 Å². The van der Waals surface area contributed by atoms with Gasteiger partial charge in [-0.25, -0.2) is 0 Å². The molecule has 0 saturated carbocycles. The van der Waals surface area contributed by atoms with Gasteiger partial charge in [-0.3, -0.25) is 4.90 Å². The number of nitrogens with zero attached hydrogens (tertiary/aromatic N) is 3. The molecular formula is C19H26N4O2. The summed E-state index contributed by atoms with van der Waals surface area (Å²) < 4.78 is 10.4. The van der Waals surface area contributed by atoms with Crippen LogP contribution >= 0.6 is 0 Å². The summed E-state index contributed by atoms with van der Waals surface area (Å²) in [5.74, 6) is 2.30. The van der Waals surface area contributed by atoms with Crippen LogP contribution in [0.3, 0.4) is 0 Å². The van der Waals surface area contributed by atoms with Gasteiger partial charge in [0.15, 0.2) is 5.82 Å². The number of likely N-dealkylation sites (tertiary alicyclic amines) is 1. The molecule has 1 aromatic carbocycles. The summed E-state index contributed by atoms with van der Waals surface area (Å²) in [6.45, 7) is 5.52. The quantitative estimate of drug-likeness (QED) is 0.835. The number of nitrogens with one attached hydrogen (secondary N) is 1. The van der Waals surface area contributed by atoms with E-state index in [1.165, 1.54) is 12.8 Å². The van der Waals surface area contributed by atoms with Crippen LogP contribution < -0.4 is 10.1 Å². The lowest BCUT2D eigenvalue weighted by atomic mass is 10.1. The topological polar surface area (TPSA) is 63.4 Å². The standard InChI is InChI=1S/C19H26N4O2/c1-15-21-19(22-25-15)14-23-12-6-9-17(13-23)20-11-5-8-16-7-3-4-10-18(16)24-2/h3-5,7-8,10,17,20H,6,9,11-14H2,1-2H3/b8-5-/t17-/m0/s1. The van der Waals surface area contributed by atoms with Crippen LogP contribution in [0, 0.1) is 6.92 Å². The molecular weight excluding hydrogens is 316 g/mol. The van der Waals surface area contributed by atoms with Crippen molar-refractivity contribution >= 4 is 6.08 Å². The van der Waals surface area contributed by atoms with Crippen LogP contribution in [0.4, 0.5) is 0 Å². The highest BCUT2D eigenvalue weighted by atomic mass is 16.5. The molecule has 0 unspecified atom stereocenters. The van der Waals surface area contributed by atoms with Crippen LogP contribution in [0.2, 0.25) is 0 Å². The smallest absolute Gasteiger partial charge is 0.223 e. The van der Waals surface area contributed by atoms with Gasteiger partial charge in [0.2, 0.25) is 5.89 Å². The minimum absolute atomic E-state index is 0.490. The maximum Gasteiger partial charge on any atom is 0.223 e. The number of methoxy groups -OCH3 is 1. The summed E-state index contributed by atoms with van der Waals surface area (Å²) in [6, 6.07) is 8.53. The van der Waals surface area contributed by atoms with E-state index in [0.29, 0.717) is 11.9 Å². The van der Waals surface area contributed by atoms with Gasteiger partial charge < -0.3 is 14.6 Å². The lowest BCUT2D eigenvalue weighted by Gasteiger charge is -2.32. The molecule has 1 N–H and O–H groups in total. The van der Waals surface area contributed by atoms with Crippen LogP contribution in [-0.4, -0.2) is 47.8 Å². The number of para-hydroxylation sites is 1. The van der Waals surface area contributed by atoms with Gasteiger partial charge in [-0.1, -0.05) is 35.5 Å². The molecule has 1 atom stereocenters. The number of ether oxygens (including phenoxy) is 1. The second-order valence-corrected chi connectivity index (χ2v) is 6.36. The fourth-order valence-corrected chi connectivity index (χ4v) is 3.20. The monoisotopic (exact) mass is 342 g/mol. The zero-order chi connectivity index (χ0) is 17.5. The highest BCUT2D eigenvalue weighted by Crippen LogP contribution is 2.18. The van der Waals surface area contributed by atoms with Gasteiger partial charge in [-0.2, -0.15) is 4.98 Å². The third-order valence-electron chi connectivity index (χ3n) is 4.40. The first-order valence-electron chi connectivity index (χ1n) is 8.79. The van der Waals surface area contributed by atoms with E-state index in [9.17, 15) is 0 Å². The minimum Gasteiger partial charge on any atom is -0.496 e. The molecule has 0 amide bonds. The van der Waals surface area contributed by atoms with Gasteiger partial charge in [-0.05, 0) is 25.5 Å². The van der Waals surface area contributed by atoms with Crippen molar-refractivity contribution in [3.63, 3.8) is 0 Å². The molecule has 2 heterocycles. The lowest BCUT2D eigenvalue weighted by Crippen LogP contribution is -2.45. The fourth-order valence-electron chi connectivity index (χ4n) is 3.20. The number of hydrogen-bond acceptors (Lipinski definition) is 6. The van der Waals surface area contributed by atoms with Crippen molar-refractivity contribution in [2.75, 3.05) is 26.7 Å². The number of rotatable bonds is 7. The zero-order valence-electron chi connectivity index (χ0n) is 14.9. The second-order valence-electron chi connectivity index (χ2n) is 6.36. The molecule has 1 saturated heterocycles. The van der Waals surface area contributed by atoms with Crippen molar-refractivity contribution in [2.24, 2.45) is 0 Å². The molecule has 134 valence electrons. The molecule has 1 fully saturated rings. The number of aryl methyl sites for hydroxylation is 1. The molecule has 1 aliphatic rings. The molecule has 25 heavy (non-hydrogen) atoms. The molecule has 1 aliphatic heterocycles. The van der Waals surface area contributed by atoms with E-state index in [-0.39, 0.29) is 0 Å². The number of piperidine rings is 1. The van der Waals surface area contributed by atoms with Crippen LogP contribution in [-0.2, 0) is 6.54 Å². The molecule has 2 aromatic rings. The van der Waals surface area contributed by atoms with E-state index in [1.54, 1.807) is 7.11 Å². The first kappa shape index (κ1) is 17.6. The largest absolute Gasteiger partial charge is 0.496 e. The second kappa shape index (κ2) is 8.78. The molecule has 1 aromatic heterocycles. The first-order valence-corrected chi connectivity index (χ1v) is 8.79. The molecule has 0 aliphatic carbocycles. The van der Waals surface area contributed by atoms with Crippen molar-refractivity contribution < 1.29 is 9.26 Å². The summed E-state index contributed by atoms with van der Waals surface area (Å²) >= 11 is 0. The molecule has 3 rings (SSSR count). The number of hydrogen-bond donors (Lipinski definition) is 1. The van der Waals surface area contributed by atoms with Gasteiger partial charge in [0.1, 0.15) is 5.75 Å². The maximum absolute atomic E-state index is 5.37. The van der Waals surface area contributed by atoms with E-state index in [2.05, 4.69) is 38.6 Å². The van der Waals surface area contributed by atoms with E-state index in [0.717, 1.165) is 43.3 Å². The Bertz CT molecular complexity index is 698. The molecule has 0 spiro atoms. The highest BCUT2D eigenvalue weighted by Gasteiger charge is 2.20. The number of benzene rings is 1. The van der Waals surface area contributed by atoms with Gasteiger partial charge in [0, 0.05) is 31.6 Å². The summed E-state index contributed by atoms with van der Waals surface area (Å²) in [5.41, 5.74) is 1.10. The summed E-state index contributed by atoms with van der Waals surface area (Å²) in [5, 5.41) is 7.61. The molecule has 0 radical (unpaired) electrons. The summed E-state index contributed by atoms with van der Waals surface area (Å²) in [7, 11) is 1.70. The fraction of sp³-hybridized carbons (Fsp3) is 0.474. The maximum atomic E-state index is 5.37. The molecule has 0 bridgehead atoms.